The first-order chi connectivity index (χ1) is 22.0. The van der Waals surface area contributed by atoms with Gasteiger partial charge in [-0.15, -0.1) is 18.9 Å². The summed E-state index contributed by atoms with van der Waals surface area (Å²) >= 11 is 1.65. The van der Waals surface area contributed by atoms with E-state index >= 15 is 0 Å². The lowest BCUT2D eigenvalue weighted by atomic mass is 10.1. The van der Waals surface area contributed by atoms with Crippen LogP contribution in [0.5, 0.6) is 0 Å². The second kappa shape index (κ2) is 15.8. The van der Waals surface area contributed by atoms with Crippen molar-refractivity contribution in [2.24, 2.45) is 20.5 Å². The number of azo groups is 2. The van der Waals surface area contributed by atoms with Gasteiger partial charge in [0.15, 0.2) is 0 Å². The molecule has 0 bridgehead atoms. The van der Waals surface area contributed by atoms with Crippen LogP contribution in [-0.4, -0.2) is 16.5 Å². The van der Waals surface area contributed by atoms with E-state index in [2.05, 4.69) is 49.8 Å². The highest BCUT2D eigenvalue weighted by atomic mass is 32.2. The summed E-state index contributed by atoms with van der Waals surface area (Å²) in [5, 5.41) is 48.8. The molecule has 0 atom stereocenters. The molecule has 4 N–H and O–H groups in total. The number of rotatable bonds is 12. The maximum Gasteiger partial charge on any atom is 0.323 e. The Morgan fingerprint density at radius 3 is 1.67 bits per heavy atom. The number of fused-ring (bicyclic) bond motifs is 1. The number of nitrogens with zero attached hydrogens (tertiary/aromatic N) is 4. The zero-order valence-corrected chi connectivity index (χ0v) is 25.0. The van der Waals surface area contributed by atoms with Crippen molar-refractivity contribution >= 4 is 75.0 Å². The fourth-order valence-corrected chi connectivity index (χ4v) is 4.72. The van der Waals surface area contributed by atoms with Crippen LogP contribution in [0.1, 0.15) is 5.56 Å². The number of benzene rings is 5. The standard InChI is InChI=1S/C30H24N6O7S2/c1-19-2-4-20(5-3-19)31-30(37)32-21-6-8-22(9-7-21)33-35-28-16-17-29(27-18-25(45-43-41-39)14-15-26(27)28)36-34-23-10-12-24(13-11-23)44-42-40-38/h2-18,38-39H,1H3,(H2,31,32,37). The van der Waals surface area contributed by atoms with Crippen LogP contribution in [0.15, 0.2) is 133 Å². The average Bonchev–Trinajstić information content (AvgIpc) is 3.06. The van der Waals surface area contributed by atoms with Crippen LogP contribution in [0.25, 0.3) is 10.8 Å². The Bertz CT molecular complexity index is 1810. The van der Waals surface area contributed by atoms with Gasteiger partial charge in [0, 0.05) is 31.9 Å². The van der Waals surface area contributed by atoms with Gasteiger partial charge in [-0.3, -0.25) is 0 Å². The quantitative estimate of drug-likeness (QED) is 0.0447. The van der Waals surface area contributed by atoms with Gasteiger partial charge in [0.05, 0.1) is 46.8 Å². The Morgan fingerprint density at radius 2 is 1.09 bits per heavy atom. The van der Waals surface area contributed by atoms with Crippen LogP contribution in [0.2, 0.25) is 0 Å². The number of carbonyl (C=O) groups is 1. The van der Waals surface area contributed by atoms with Crippen molar-refractivity contribution in [3.63, 3.8) is 0 Å². The zero-order valence-electron chi connectivity index (χ0n) is 23.4. The molecule has 15 heteroatoms. The van der Waals surface area contributed by atoms with Crippen molar-refractivity contribution in [1.29, 1.82) is 0 Å². The van der Waals surface area contributed by atoms with E-state index in [9.17, 15) is 4.79 Å². The molecule has 0 fully saturated rings. The Balaban J connectivity index is 1.32. The second-order valence-corrected chi connectivity index (χ2v) is 10.7. The third-order valence-corrected chi connectivity index (χ3v) is 7.25. The summed E-state index contributed by atoms with van der Waals surface area (Å²) in [7, 11) is 0. The van der Waals surface area contributed by atoms with Crippen LogP contribution < -0.4 is 10.6 Å². The van der Waals surface area contributed by atoms with Crippen LogP contribution in [0.4, 0.5) is 38.9 Å². The van der Waals surface area contributed by atoms with Gasteiger partial charge in [-0.05, 0) is 91.9 Å². The highest BCUT2D eigenvalue weighted by Gasteiger charge is 2.09. The Morgan fingerprint density at radius 1 is 0.600 bits per heavy atom. The summed E-state index contributed by atoms with van der Waals surface area (Å²) in [4.78, 5) is 13.7. The van der Waals surface area contributed by atoms with Crippen molar-refractivity contribution in [3.05, 3.63) is 109 Å². The molecule has 0 aliphatic heterocycles. The molecule has 2 amide bonds. The lowest BCUT2D eigenvalue weighted by Gasteiger charge is -2.08. The van der Waals surface area contributed by atoms with E-state index in [0.717, 1.165) is 35.0 Å². The fraction of sp³-hybridized carbons (Fsp3) is 0.0333. The topological polar surface area (TPSA) is 168 Å². The average molecular weight is 645 g/mol. The van der Waals surface area contributed by atoms with Gasteiger partial charge in [-0.1, -0.05) is 33.8 Å². The molecular weight excluding hydrogens is 620 g/mol. The second-order valence-electron chi connectivity index (χ2n) is 9.15. The number of amides is 2. The van der Waals surface area contributed by atoms with Crippen LogP contribution in [-0.2, 0) is 18.7 Å². The molecule has 0 saturated carbocycles. The molecule has 45 heavy (non-hydrogen) atoms. The van der Waals surface area contributed by atoms with Crippen molar-refractivity contribution in [3.8, 4) is 0 Å². The van der Waals surface area contributed by atoms with Gasteiger partial charge < -0.3 is 10.6 Å². The normalized spacial score (nSPS) is 11.4. The summed E-state index contributed by atoms with van der Waals surface area (Å²) in [5.41, 5.74) is 4.67. The maximum absolute atomic E-state index is 12.3. The number of aryl methyl sites for hydroxylation is 1. The minimum absolute atomic E-state index is 0.357. The molecule has 0 heterocycles. The SMILES string of the molecule is Cc1ccc(NC(=O)Nc2ccc(N=Nc3ccc(N=Nc4ccc(SOOO)cc4)c4cc(SOOO)ccc34)cc2)cc1. The lowest BCUT2D eigenvalue weighted by Crippen LogP contribution is -2.19. The van der Waals surface area contributed by atoms with E-state index in [4.69, 9.17) is 10.5 Å². The van der Waals surface area contributed by atoms with E-state index in [-0.39, 0.29) is 6.03 Å². The Hall–Kier alpha value is -4.71. The van der Waals surface area contributed by atoms with Crippen LogP contribution in [0.3, 0.4) is 0 Å². The molecule has 0 aromatic heterocycles. The fourth-order valence-electron chi connectivity index (χ4n) is 3.96. The number of hydrogen-bond donors (Lipinski definition) is 4. The molecule has 0 unspecified atom stereocenters. The molecule has 5 aromatic rings. The van der Waals surface area contributed by atoms with E-state index in [1.807, 2.05) is 37.3 Å². The van der Waals surface area contributed by atoms with Crippen molar-refractivity contribution in [2.45, 2.75) is 16.7 Å². The maximum atomic E-state index is 12.3. The molecule has 0 aliphatic rings. The van der Waals surface area contributed by atoms with Crippen molar-refractivity contribution in [2.75, 3.05) is 10.6 Å². The van der Waals surface area contributed by atoms with E-state index < -0.39 is 0 Å². The summed E-state index contributed by atoms with van der Waals surface area (Å²) in [5.74, 6) is 0. The highest BCUT2D eigenvalue weighted by molar-refractivity contribution is 7.94. The minimum Gasteiger partial charge on any atom is -0.308 e. The molecule has 13 nitrogen and oxygen atoms in total. The number of urea groups is 1. The molecule has 0 aliphatic carbocycles. The summed E-state index contributed by atoms with van der Waals surface area (Å²) in [6.07, 6.45) is 0. The Kier molecular flexibility index (Phi) is 11.2. The predicted octanol–water partition coefficient (Wildman–Crippen LogP) is 10.5. The van der Waals surface area contributed by atoms with Crippen LogP contribution in [0, 0.1) is 6.92 Å². The van der Waals surface area contributed by atoms with Crippen molar-refractivity contribution < 1.29 is 34.1 Å². The summed E-state index contributed by atoms with van der Waals surface area (Å²) in [6.45, 7) is 1.98. The lowest BCUT2D eigenvalue weighted by molar-refractivity contribution is -0.432. The van der Waals surface area contributed by atoms with Gasteiger partial charge in [0.2, 0.25) is 0 Å². The molecule has 228 valence electrons. The zero-order chi connectivity index (χ0) is 31.4. The molecular formula is C30H24N6O7S2. The van der Waals surface area contributed by atoms with Gasteiger partial charge in [-0.25, -0.2) is 15.3 Å². The summed E-state index contributed by atoms with van der Waals surface area (Å²) in [6, 6.07) is 29.9. The summed E-state index contributed by atoms with van der Waals surface area (Å²) < 4.78 is 9.01. The Labute approximate surface area is 265 Å². The van der Waals surface area contributed by atoms with E-state index in [1.165, 1.54) is 0 Å². The van der Waals surface area contributed by atoms with E-state index in [0.29, 0.717) is 49.3 Å². The third kappa shape index (κ3) is 9.15. The predicted molar refractivity (Wildman–Crippen MR) is 170 cm³/mol. The first-order valence-corrected chi connectivity index (χ1v) is 14.5. The first-order valence-electron chi connectivity index (χ1n) is 13.1. The van der Waals surface area contributed by atoms with Crippen LogP contribution >= 0.6 is 24.1 Å². The number of carbonyl (C=O) groups excluding carboxylic acids is 1. The smallest absolute Gasteiger partial charge is 0.308 e. The molecule has 5 aromatic carbocycles. The van der Waals surface area contributed by atoms with Gasteiger partial charge in [0.1, 0.15) is 0 Å². The third-order valence-electron chi connectivity index (χ3n) is 6.08. The molecule has 0 saturated heterocycles. The minimum atomic E-state index is -0.357. The number of nitrogens with one attached hydrogen (secondary N) is 2. The van der Waals surface area contributed by atoms with Gasteiger partial charge in [0.25, 0.3) is 0 Å². The van der Waals surface area contributed by atoms with Gasteiger partial charge >= 0.3 is 6.03 Å². The van der Waals surface area contributed by atoms with E-state index in [1.54, 1.807) is 72.8 Å². The largest absolute Gasteiger partial charge is 0.323 e. The molecule has 0 spiro atoms. The van der Waals surface area contributed by atoms with Gasteiger partial charge in [-0.2, -0.15) is 10.2 Å². The first kappa shape index (κ1) is 31.7. The monoisotopic (exact) mass is 644 g/mol. The molecule has 5 rings (SSSR count). The van der Waals surface area contributed by atoms with Crippen molar-refractivity contribution in [1.82, 2.24) is 0 Å². The highest BCUT2D eigenvalue weighted by Crippen LogP contribution is 2.38. The number of hydrogen-bond acceptors (Lipinski definition) is 13. The number of anilines is 2. The molecule has 0 radical (unpaired) electrons.